The Morgan fingerprint density at radius 1 is 1.05 bits per heavy atom. The number of hydrogen-bond acceptors (Lipinski definition) is 5. The van der Waals surface area contributed by atoms with Crippen LogP contribution in [-0.2, 0) is 0 Å². The second kappa shape index (κ2) is 3.87. The highest BCUT2D eigenvalue weighted by Crippen LogP contribution is 2.28. The van der Waals surface area contributed by atoms with Crippen molar-refractivity contribution in [3.05, 3.63) is 30.1 Å². The summed E-state index contributed by atoms with van der Waals surface area (Å²) in [6, 6.07) is 1.86. The van der Waals surface area contributed by atoms with Crippen molar-refractivity contribution in [3.63, 3.8) is 0 Å². The topological polar surface area (TPSA) is 106 Å². The van der Waals surface area contributed by atoms with Crippen LogP contribution >= 0.6 is 0 Å². The highest BCUT2D eigenvalue weighted by molar-refractivity contribution is 5.86. The van der Waals surface area contributed by atoms with Crippen molar-refractivity contribution in [3.8, 4) is 11.4 Å². The van der Waals surface area contributed by atoms with E-state index in [0.717, 1.165) is 12.1 Å². The van der Waals surface area contributed by atoms with Crippen LogP contribution in [-0.4, -0.2) is 19.9 Å². The molecule has 6 nitrogen and oxygen atoms in total. The van der Waals surface area contributed by atoms with E-state index in [0.29, 0.717) is 11.2 Å². The predicted octanol–water partition coefficient (Wildman–Crippen LogP) is 1.46. The van der Waals surface area contributed by atoms with Crippen LogP contribution in [0.1, 0.15) is 0 Å². The minimum absolute atomic E-state index is 0.0597. The SMILES string of the molecule is Nc1cc(F)c(F)cc1-c1nc2ncnc(N)c2[nH]1. The third-order valence-electron chi connectivity index (χ3n) is 2.67. The molecule has 0 fully saturated rings. The van der Waals surface area contributed by atoms with Gasteiger partial charge in [0.05, 0.1) is 0 Å². The Kier molecular flexibility index (Phi) is 2.31. The third-order valence-corrected chi connectivity index (χ3v) is 2.67. The number of imidazole rings is 1. The van der Waals surface area contributed by atoms with Gasteiger partial charge >= 0.3 is 0 Å². The molecule has 0 aliphatic carbocycles. The highest BCUT2D eigenvalue weighted by atomic mass is 19.2. The zero-order valence-electron chi connectivity index (χ0n) is 9.48. The van der Waals surface area contributed by atoms with Crippen molar-refractivity contribution in [1.82, 2.24) is 19.9 Å². The molecule has 0 saturated heterocycles. The summed E-state index contributed by atoms with van der Waals surface area (Å²) >= 11 is 0. The molecule has 0 saturated carbocycles. The van der Waals surface area contributed by atoms with Gasteiger partial charge in [-0.25, -0.2) is 23.7 Å². The molecule has 5 N–H and O–H groups in total. The summed E-state index contributed by atoms with van der Waals surface area (Å²) in [5.74, 6) is -1.57. The molecule has 2 aromatic heterocycles. The number of nitrogens with two attached hydrogens (primary N) is 2. The van der Waals surface area contributed by atoms with Gasteiger partial charge in [-0.2, -0.15) is 0 Å². The maximum absolute atomic E-state index is 13.3. The molecular weight excluding hydrogens is 254 g/mol. The first-order valence-electron chi connectivity index (χ1n) is 5.27. The molecule has 0 radical (unpaired) electrons. The number of H-pyrrole nitrogens is 1. The summed E-state index contributed by atoms with van der Waals surface area (Å²) in [5, 5.41) is 0. The predicted molar refractivity (Wildman–Crippen MR) is 65.9 cm³/mol. The normalized spacial score (nSPS) is 11.1. The number of benzene rings is 1. The second-order valence-corrected chi connectivity index (χ2v) is 3.90. The molecule has 0 aliphatic heterocycles. The molecule has 3 rings (SSSR count). The zero-order chi connectivity index (χ0) is 13.6. The number of anilines is 2. The number of rotatable bonds is 1. The largest absolute Gasteiger partial charge is 0.398 e. The van der Waals surface area contributed by atoms with Gasteiger partial charge in [0.2, 0.25) is 0 Å². The van der Waals surface area contributed by atoms with Crippen molar-refractivity contribution in [2.45, 2.75) is 0 Å². The van der Waals surface area contributed by atoms with Crippen LogP contribution in [0.2, 0.25) is 0 Å². The molecule has 1 aromatic carbocycles. The van der Waals surface area contributed by atoms with E-state index in [4.69, 9.17) is 11.5 Å². The van der Waals surface area contributed by atoms with Gasteiger partial charge in [-0.3, -0.25) is 0 Å². The number of aromatic amines is 1. The van der Waals surface area contributed by atoms with Crippen molar-refractivity contribution in [2.24, 2.45) is 0 Å². The van der Waals surface area contributed by atoms with Crippen LogP contribution < -0.4 is 11.5 Å². The van der Waals surface area contributed by atoms with Gasteiger partial charge in [-0.15, -0.1) is 0 Å². The lowest BCUT2D eigenvalue weighted by molar-refractivity contribution is 0.509. The fraction of sp³-hybridized carbons (Fsp3) is 0. The fourth-order valence-electron chi connectivity index (χ4n) is 1.74. The lowest BCUT2D eigenvalue weighted by atomic mass is 10.1. The Morgan fingerprint density at radius 2 is 1.79 bits per heavy atom. The molecular formula is C11H8F2N6. The first-order valence-corrected chi connectivity index (χ1v) is 5.27. The minimum atomic E-state index is -1.02. The van der Waals surface area contributed by atoms with Crippen molar-refractivity contribution >= 4 is 22.7 Å². The maximum atomic E-state index is 13.3. The van der Waals surface area contributed by atoms with E-state index in [-0.39, 0.29) is 22.9 Å². The van der Waals surface area contributed by atoms with E-state index >= 15 is 0 Å². The van der Waals surface area contributed by atoms with Crippen LogP contribution in [0.3, 0.4) is 0 Å². The van der Waals surface area contributed by atoms with E-state index in [1.165, 1.54) is 6.33 Å². The molecule has 0 aliphatic rings. The number of nitrogen functional groups attached to an aromatic ring is 2. The molecule has 19 heavy (non-hydrogen) atoms. The quantitative estimate of drug-likeness (QED) is 0.575. The van der Waals surface area contributed by atoms with E-state index < -0.39 is 11.6 Å². The number of nitrogens with zero attached hydrogens (tertiary/aromatic N) is 3. The molecule has 8 heteroatoms. The summed E-state index contributed by atoms with van der Waals surface area (Å²) < 4.78 is 26.3. The number of nitrogens with one attached hydrogen (secondary N) is 1. The summed E-state index contributed by atoms with van der Waals surface area (Å²) in [4.78, 5) is 14.7. The van der Waals surface area contributed by atoms with Gasteiger partial charge in [0, 0.05) is 17.3 Å². The van der Waals surface area contributed by atoms with E-state index in [1.807, 2.05) is 0 Å². The lowest BCUT2D eigenvalue weighted by Crippen LogP contribution is -1.95. The minimum Gasteiger partial charge on any atom is -0.398 e. The van der Waals surface area contributed by atoms with Crippen molar-refractivity contribution in [1.29, 1.82) is 0 Å². The number of hydrogen-bond donors (Lipinski definition) is 3. The van der Waals surface area contributed by atoms with Gasteiger partial charge in [-0.05, 0) is 6.07 Å². The van der Waals surface area contributed by atoms with E-state index in [1.54, 1.807) is 0 Å². The highest BCUT2D eigenvalue weighted by Gasteiger charge is 2.14. The molecule has 2 heterocycles. The molecule has 96 valence electrons. The summed E-state index contributed by atoms with van der Waals surface area (Å²) in [6.45, 7) is 0. The summed E-state index contributed by atoms with van der Waals surface area (Å²) in [7, 11) is 0. The molecule has 0 spiro atoms. The molecule has 0 atom stereocenters. The van der Waals surface area contributed by atoms with Crippen molar-refractivity contribution in [2.75, 3.05) is 11.5 Å². The van der Waals surface area contributed by atoms with E-state index in [9.17, 15) is 8.78 Å². The van der Waals surface area contributed by atoms with Crippen LogP contribution in [0.15, 0.2) is 18.5 Å². The first-order chi connectivity index (χ1) is 9.06. The van der Waals surface area contributed by atoms with Gasteiger partial charge in [-0.1, -0.05) is 0 Å². The average molecular weight is 262 g/mol. The molecule has 3 aromatic rings. The number of halogens is 2. The fourth-order valence-corrected chi connectivity index (χ4v) is 1.74. The maximum Gasteiger partial charge on any atom is 0.183 e. The van der Waals surface area contributed by atoms with Crippen LogP contribution in [0.5, 0.6) is 0 Å². The number of fused-ring (bicyclic) bond motifs is 1. The second-order valence-electron chi connectivity index (χ2n) is 3.90. The molecule has 0 amide bonds. The monoisotopic (exact) mass is 262 g/mol. The van der Waals surface area contributed by atoms with Gasteiger partial charge in [0.25, 0.3) is 0 Å². The Balaban J connectivity index is 2.25. The summed E-state index contributed by atoms with van der Waals surface area (Å²) in [6.07, 6.45) is 1.26. The van der Waals surface area contributed by atoms with Crippen LogP contribution in [0.25, 0.3) is 22.6 Å². The summed E-state index contributed by atoms with van der Waals surface area (Å²) in [5.41, 5.74) is 12.3. The van der Waals surface area contributed by atoms with Crippen LogP contribution in [0.4, 0.5) is 20.3 Å². The third kappa shape index (κ3) is 1.73. The van der Waals surface area contributed by atoms with Crippen LogP contribution in [0, 0.1) is 11.6 Å². The zero-order valence-corrected chi connectivity index (χ0v) is 9.48. The Hall–Kier alpha value is -2.77. The molecule has 0 bridgehead atoms. The average Bonchev–Trinajstić information content (AvgIpc) is 2.79. The Morgan fingerprint density at radius 3 is 2.53 bits per heavy atom. The lowest BCUT2D eigenvalue weighted by Gasteiger charge is -2.03. The van der Waals surface area contributed by atoms with Gasteiger partial charge < -0.3 is 16.5 Å². The number of aromatic nitrogens is 4. The first kappa shape index (κ1) is 11.3. The van der Waals surface area contributed by atoms with Crippen molar-refractivity contribution < 1.29 is 8.78 Å². The molecule has 0 unspecified atom stereocenters. The Bertz CT molecular complexity index is 782. The van der Waals surface area contributed by atoms with Gasteiger partial charge in [0.15, 0.2) is 23.1 Å². The van der Waals surface area contributed by atoms with Gasteiger partial charge in [0.1, 0.15) is 17.7 Å². The van der Waals surface area contributed by atoms with E-state index in [2.05, 4.69) is 19.9 Å². The Labute approximate surface area is 105 Å². The standard InChI is InChI=1S/C11H8F2N6/c12-5-1-4(7(14)2-6(5)13)10-18-8-9(15)16-3-17-11(8)19-10/h1-3H,14H2,(H3,15,16,17,18,19). The smallest absolute Gasteiger partial charge is 0.183 e.